The fourth-order valence-corrected chi connectivity index (χ4v) is 2.12. The number of nitrogens with zero attached hydrogens (tertiary/aromatic N) is 2. The lowest BCUT2D eigenvalue weighted by molar-refractivity contribution is -0.114. The Kier molecular flexibility index (Phi) is 7.54. The lowest BCUT2D eigenvalue weighted by Crippen LogP contribution is -2.41. The number of anilines is 2. The Hall–Kier alpha value is -2.08. The Morgan fingerprint density at radius 2 is 1.70 bits per heavy atom. The van der Waals surface area contributed by atoms with Gasteiger partial charge < -0.3 is 20.4 Å². The molecule has 128 valence electrons. The summed E-state index contributed by atoms with van der Waals surface area (Å²) in [4.78, 5) is 27.5. The van der Waals surface area contributed by atoms with Crippen molar-refractivity contribution < 1.29 is 9.59 Å². The third-order valence-electron chi connectivity index (χ3n) is 3.12. The molecule has 0 aromatic heterocycles. The SMILES string of the molecule is CC(=O)Nc1cccc(NC(=O)N(CCN(C)C)CC(C)C)c1. The van der Waals surface area contributed by atoms with Gasteiger partial charge in [-0.2, -0.15) is 0 Å². The highest BCUT2D eigenvalue weighted by atomic mass is 16.2. The summed E-state index contributed by atoms with van der Waals surface area (Å²) in [6.45, 7) is 7.82. The molecule has 0 spiro atoms. The number of hydrogen-bond acceptors (Lipinski definition) is 3. The molecule has 6 nitrogen and oxygen atoms in total. The highest BCUT2D eigenvalue weighted by molar-refractivity contribution is 5.92. The first-order chi connectivity index (χ1) is 10.8. The fourth-order valence-electron chi connectivity index (χ4n) is 2.12. The second-order valence-corrected chi connectivity index (χ2v) is 6.34. The fraction of sp³-hybridized carbons (Fsp3) is 0.529. The average Bonchev–Trinajstić information content (AvgIpc) is 2.42. The molecule has 23 heavy (non-hydrogen) atoms. The van der Waals surface area contributed by atoms with E-state index in [-0.39, 0.29) is 11.9 Å². The lowest BCUT2D eigenvalue weighted by Gasteiger charge is -2.26. The Balaban J connectivity index is 2.74. The zero-order valence-electron chi connectivity index (χ0n) is 14.7. The van der Waals surface area contributed by atoms with E-state index in [9.17, 15) is 9.59 Å². The molecule has 0 radical (unpaired) electrons. The molecule has 3 amide bonds. The second-order valence-electron chi connectivity index (χ2n) is 6.34. The van der Waals surface area contributed by atoms with Crippen molar-refractivity contribution in [3.8, 4) is 0 Å². The molecule has 1 aromatic carbocycles. The van der Waals surface area contributed by atoms with E-state index in [0.717, 1.165) is 6.54 Å². The highest BCUT2D eigenvalue weighted by Crippen LogP contribution is 2.16. The van der Waals surface area contributed by atoms with Crippen LogP contribution >= 0.6 is 0 Å². The highest BCUT2D eigenvalue weighted by Gasteiger charge is 2.15. The summed E-state index contributed by atoms with van der Waals surface area (Å²) in [7, 11) is 3.98. The van der Waals surface area contributed by atoms with Crippen molar-refractivity contribution >= 4 is 23.3 Å². The van der Waals surface area contributed by atoms with Gasteiger partial charge in [0.15, 0.2) is 0 Å². The molecule has 0 saturated heterocycles. The van der Waals surface area contributed by atoms with Gasteiger partial charge in [-0.3, -0.25) is 4.79 Å². The van der Waals surface area contributed by atoms with Crippen LogP contribution in [-0.4, -0.2) is 55.5 Å². The smallest absolute Gasteiger partial charge is 0.321 e. The van der Waals surface area contributed by atoms with Gasteiger partial charge in [-0.15, -0.1) is 0 Å². The second kappa shape index (κ2) is 9.15. The van der Waals surface area contributed by atoms with Gasteiger partial charge in [0.1, 0.15) is 0 Å². The minimum atomic E-state index is -0.138. The van der Waals surface area contributed by atoms with E-state index in [1.807, 2.05) is 25.1 Å². The molecule has 0 fully saturated rings. The average molecular weight is 320 g/mol. The summed E-state index contributed by atoms with van der Waals surface area (Å²) in [5.74, 6) is 0.259. The normalized spacial score (nSPS) is 10.7. The van der Waals surface area contributed by atoms with Crippen LogP contribution in [0.25, 0.3) is 0 Å². The molecule has 0 atom stereocenters. The van der Waals surface area contributed by atoms with Gasteiger partial charge in [0.2, 0.25) is 5.91 Å². The Labute approximate surface area is 138 Å². The molecular formula is C17H28N4O2. The van der Waals surface area contributed by atoms with Gasteiger partial charge in [0, 0.05) is 37.9 Å². The number of carbonyl (C=O) groups excluding carboxylic acids is 2. The predicted molar refractivity (Wildman–Crippen MR) is 94.7 cm³/mol. The number of likely N-dealkylation sites (N-methyl/N-ethyl adjacent to an activating group) is 1. The van der Waals surface area contributed by atoms with E-state index < -0.39 is 0 Å². The standard InChI is InChI=1S/C17H28N4O2/c1-13(2)12-21(10-9-20(4)5)17(23)19-16-8-6-7-15(11-16)18-14(3)22/h6-8,11,13H,9-10,12H2,1-5H3,(H,18,22)(H,19,23). The van der Waals surface area contributed by atoms with Crippen LogP contribution in [0.5, 0.6) is 0 Å². The number of rotatable bonds is 7. The quantitative estimate of drug-likeness (QED) is 0.812. The largest absolute Gasteiger partial charge is 0.326 e. The first-order valence-corrected chi connectivity index (χ1v) is 7.86. The molecule has 0 saturated carbocycles. The van der Waals surface area contributed by atoms with Gasteiger partial charge in [-0.1, -0.05) is 19.9 Å². The molecule has 0 aliphatic rings. The van der Waals surface area contributed by atoms with Crippen molar-refractivity contribution in [3.05, 3.63) is 24.3 Å². The number of amides is 3. The number of hydrogen-bond donors (Lipinski definition) is 2. The van der Waals surface area contributed by atoms with Crippen LogP contribution in [0.2, 0.25) is 0 Å². The number of nitrogens with one attached hydrogen (secondary N) is 2. The van der Waals surface area contributed by atoms with Crippen molar-refractivity contribution in [1.82, 2.24) is 9.80 Å². The molecule has 0 unspecified atom stereocenters. The topological polar surface area (TPSA) is 64.7 Å². The zero-order chi connectivity index (χ0) is 17.4. The van der Waals surface area contributed by atoms with Crippen molar-refractivity contribution in [3.63, 3.8) is 0 Å². The molecular weight excluding hydrogens is 292 g/mol. The molecule has 6 heteroatoms. The third kappa shape index (κ3) is 7.65. The Bertz CT molecular complexity index is 529. The minimum Gasteiger partial charge on any atom is -0.326 e. The number of urea groups is 1. The number of carbonyl (C=O) groups is 2. The van der Waals surface area contributed by atoms with Crippen LogP contribution in [0, 0.1) is 5.92 Å². The van der Waals surface area contributed by atoms with Crippen molar-refractivity contribution in [2.75, 3.05) is 44.4 Å². The summed E-state index contributed by atoms with van der Waals surface area (Å²) in [5.41, 5.74) is 1.33. The van der Waals surface area contributed by atoms with E-state index in [2.05, 4.69) is 29.4 Å². The van der Waals surface area contributed by atoms with Gasteiger partial charge in [0.05, 0.1) is 0 Å². The molecule has 2 N–H and O–H groups in total. The van der Waals surface area contributed by atoms with Crippen LogP contribution in [0.3, 0.4) is 0 Å². The molecule has 0 aliphatic carbocycles. The first kappa shape index (κ1) is 19.0. The van der Waals surface area contributed by atoms with E-state index >= 15 is 0 Å². The van der Waals surface area contributed by atoms with Crippen molar-refractivity contribution in [1.29, 1.82) is 0 Å². The first-order valence-electron chi connectivity index (χ1n) is 7.86. The Morgan fingerprint density at radius 3 is 2.22 bits per heavy atom. The van der Waals surface area contributed by atoms with Gasteiger partial charge >= 0.3 is 6.03 Å². The maximum absolute atomic E-state index is 12.5. The summed E-state index contributed by atoms with van der Waals surface area (Å²) in [6.07, 6.45) is 0. The van der Waals surface area contributed by atoms with Crippen LogP contribution in [0.15, 0.2) is 24.3 Å². The maximum Gasteiger partial charge on any atom is 0.321 e. The molecule has 0 aliphatic heterocycles. The third-order valence-corrected chi connectivity index (χ3v) is 3.12. The molecule has 0 heterocycles. The summed E-state index contributed by atoms with van der Waals surface area (Å²) < 4.78 is 0. The summed E-state index contributed by atoms with van der Waals surface area (Å²) in [5, 5.41) is 5.61. The van der Waals surface area contributed by atoms with Crippen LogP contribution in [-0.2, 0) is 4.79 Å². The predicted octanol–water partition coefficient (Wildman–Crippen LogP) is 2.70. The van der Waals surface area contributed by atoms with E-state index in [1.54, 1.807) is 18.2 Å². The molecule has 0 bridgehead atoms. The van der Waals surface area contributed by atoms with E-state index in [4.69, 9.17) is 0 Å². The summed E-state index contributed by atoms with van der Waals surface area (Å²) in [6, 6.07) is 7.02. The minimum absolute atomic E-state index is 0.125. The van der Waals surface area contributed by atoms with E-state index in [1.165, 1.54) is 6.92 Å². The van der Waals surface area contributed by atoms with Crippen molar-refractivity contribution in [2.24, 2.45) is 5.92 Å². The maximum atomic E-state index is 12.5. The van der Waals surface area contributed by atoms with Crippen molar-refractivity contribution in [2.45, 2.75) is 20.8 Å². The van der Waals surface area contributed by atoms with Gasteiger partial charge in [-0.05, 0) is 38.2 Å². The Morgan fingerprint density at radius 1 is 1.09 bits per heavy atom. The summed E-state index contributed by atoms with van der Waals surface area (Å²) >= 11 is 0. The molecule has 1 rings (SSSR count). The monoisotopic (exact) mass is 320 g/mol. The van der Waals surface area contributed by atoms with Gasteiger partial charge in [0.25, 0.3) is 0 Å². The molecule has 1 aromatic rings. The van der Waals surface area contributed by atoms with Crippen LogP contribution in [0.4, 0.5) is 16.2 Å². The lowest BCUT2D eigenvalue weighted by atomic mass is 10.2. The zero-order valence-corrected chi connectivity index (χ0v) is 14.7. The van der Waals surface area contributed by atoms with Crippen LogP contribution < -0.4 is 10.6 Å². The number of benzene rings is 1. The van der Waals surface area contributed by atoms with Crippen LogP contribution in [0.1, 0.15) is 20.8 Å². The van der Waals surface area contributed by atoms with E-state index in [0.29, 0.717) is 30.4 Å². The van der Waals surface area contributed by atoms with Gasteiger partial charge in [-0.25, -0.2) is 4.79 Å².